The molecule has 10 heteroatoms. The lowest BCUT2D eigenvalue weighted by Crippen LogP contribution is -2.44. The highest BCUT2D eigenvalue weighted by Crippen LogP contribution is 2.59. The van der Waals surface area contributed by atoms with Crippen LogP contribution in [0.5, 0.6) is 0 Å². The zero-order valence-corrected chi connectivity index (χ0v) is 71.7. The Kier molecular flexibility index (Phi) is 17.6. The minimum atomic E-state index is -2.48. The van der Waals surface area contributed by atoms with Crippen molar-refractivity contribution in [1.29, 1.82) is 0 Å². The molecule has 0 radical (unpaired) electrons. The molecular formula is C105H131N7O3. The first-order valence-electron chi connectivity index (χ1n) is 47.5. The lowest BCUT2D eigenvalue weighted by Gasteiger charge is -2.41. The number of benzene rings is 8. The van der Waals surface area contributed by atoms with Gasteiger partial charge in [-0.05, 0) is 248 Å². The molecule has 1 spiro atoms. The monoisotopic (exact) mass is 1550 g/mol. The van der Waals surface area contributed by atoms with Crippen molar-refractivity contribution in [1.82, 2.24) is 9.97 Å². The molecule has 10 nitrogen and oxygen atoms in total. The Balaban J connectivity index is 0.000000130. The highest BCUT2D eigenvalue weighted by molar-refractivity contribution is 6.12. The Bertz CT molecular complexity index is 6230. The lowest BCUT2D eigenvalue weighted by molar-refractivity contribution is 0.170. The average Bonchev–Trinajstić information content (AvgIpc) is 1.52. The van der Waals surface area contributed by atoms with Gasteiger partial charge in [-0.25, -0.2) is 9.97 Å². The van der Waals surface area contributed by atoms with Gasteiger partial charge in [-0.3, -0.25) is 0 Å². The molecule has 0 N–H and O–H groups in total. The average molecular weight is 1550 g/mol. The van der Waals surface area contributed by atoms with Gasteiger partial charge in [0.05, 0.1) is 17.1 Å². The van der Waals surface area contributed by atoms with E-state index < -0.39 is 72.4 Å². The van der Waals surface area contributed by atoms with Gasteiger partial charge in [-0.2, -0.15) is 0 Å². The van der Waals surface area contributed by atoms with E-state index in [2.05, 4.69) is 211 Å². The summed E-state index contributed by atoms with van der Waals surface area (Å²) in [5.74, 6) is 1.11. The van der Waals surface area contributed by atoms with Crippen molar-refractivity contribution in [2.75, 3.05) is 24.5 Å². The number of furan rings is 3. The van der Waals surface area contributed by atoms with Crippen LogP contribution in [0.4, 0.5) is 39.9 Å². The van der Waals surface area contributed by atoms with Crippen molar-refractivity contribution in [3.8, 4) is 0 Å². The smallest absolute Gasteiger partial charge is 0.227 e. The fourth-order valence-electron chi connectivity index (χ4n) is 20.4. The largest absolute Gasteiger partial charge is 0.454 e. The van der Waals surface area contributed by atoms with Crippen LogP contribution in [0, 0.1) is 57.8 Å². The number of para-hydroxylation sites is 5. The molecule has 0 bridgehead atoms. The van der Waals surface area contributed by atoms with Crippen LogP contribution >= 0.6 is 0 Å². The number of pyridine rings is 2. The van der Waals surface area contributed by atoms with Crippen LogP contribution in [-0.2, 0) is 10.8 Å². The minimum absolute atomic E-state index is 0. The molecule has 1 saturated carbocycles. The van der Waals surface area contributed by atoms with Gasteiger partial charge in [0.15, 0.2) is 16.7 Å². The highest BCUT2D eigenvalue weighted by Gasteiger charge is 2.56. The summed E-state index contributed by atoms with van der Waals surface area (Å²) in [4.78, 5) is 20.3. The number of aryl methyl sites for hydroxylation is 6. The summed E-state index contributed by atoms with van der Waals surface area (Å²) in [5.41, 5.74) is 14.3. The summed E-state index contributed by atoms with van der Waals surface area (Å²) in [6, 6.07) is 62.3. The molecule has 5 aliphatic heterocycles. The standard InChI is InChI=1S/C25H31NO.C22H28N2O.C22H27NO.C18H21N.C17H20N2.CH4/c1-17-12-13-20-19-10-6-7-11-21(19)27-23(20)22(17)26-18(2)25(16-24(26,3)4)14-8-5-9-15-25;1-13-8-10-16-17-11-9-14(2)23-20(17)25-19(16)18(13)24-15(3)21(4,5)12-22(24,6)7;1-14-11-12-17-16-9-7-8-10-18(16)24-20(17)19(14)23-15(2)21(3,4)13-22(23,5)6;1-13-9-5-7-11-16(13)19-14(2)18(3,4)15-10-6-8-12-17(15)19;1-12-8-5-6-10-15(12)19-13(2)17(3,4)14-9-7-11-18-16(14)19;/h6-7,10-13,18H,5,8-9,14-16H2,1-4H3;8-11,15H,12H2,1-7H3;7-12,15H,13H2,1-6H3;5-12,14H,1-4H3;5-11,13H,1-4H3;1H4/i16D2;4D3,12D2;3D3,13D2;;;. The molecule has 6 aliphatic rings. The second-order valence-electron chi connectivity index (χ2n) is 36.7. The summed E-state index contributed by atoms with van der Waals surface area (Å²) >= 11 is 0. The molecule has 7 unspecified atom stereocenters. The van der Waals surface area contributed by atoms with Gasteiger partial charge in [-0.1, -0.05) is 215 Å². The van der Waals surface area contributed by atoms with Gasteiger partial charge >= 0.3 is 0 Å². The third-order valence-electron chi connectivity index (χ3n) is 27.0. The van der Waals surface area contributed by atoms with E-state index >= 15 is 0 Å². The Labute approximate surface area is 704 Å². The topological polar surface area (TPSA) is 81.4 Å². The molecule has 13 aromatic rings. The van der Waals surface area contributed by atoms with Crippen molar-refractivity contribution in [3.63, 3.8) is 0 Å². The minimum Gasteiger partial charge on any atom is -0.454 e. The van der Waals surface area contributed by atoms with E-state index in [1.165, 1.54) is 45.7 Å². The molecule has 8 aromatic carbocycles. The molecule has 1 aliphatic carbocycles. The fraction of sp³-hybridized carbons (Fsp3) is 0.448. The SMILES string of the molecule is C.Cc1ccccc1N1c2ccccc2C(C)(C)C1C.Cc1ccccc1N1c2ncccc2C(C)(C)C1C.[2H]C([2H])([2H])C1(C)C(C)N(c2c(C)ccc3c2oc2ccccc23)C(C)(C)C1([2H])[2H].[2H]C([2H])([2H])C1(C)C(C)N(c2c(C)ccc3c2oc2nc(C)ccc23)C(C)(C)C1([2H])[2H].[2H]C1([2H])C2(CCCCC2)C(C)N(c2c(C)ccc3c2oc2ccccc23)C1(C)C. The number of hydrogen-bond acceptors (Lipinski definition) is 10. The quantitative estimate of drug-likeness (QED) is 0.166. The fourth-order valence-corrected chi connectivity index (χ4v) is 20.4. The molecule has 10 heterocycles. The van der Waals surface area contributed by atoms with Crippen LogP contribution in [0.3, 0.4) is 0 Å². The van der Waals surface area contributed by atoms with Crippen LogP contribution in [0.25, 0.3) is 65.9 Å². The van der Waals surface area contributed by atoms with Gasteiger partial charge < -0.3 is 37.8 Å². The molecule has 5 aromatic heterocycles. The van der Waals surface area contributed by atoms with E-state index in [4.69, 9.17) is 27.0 Å². The van der Waals surface area contributed by atoms with Crippen molar-refractivity contribution >= 4 is 106 Å². The lowest BCUT2D eigenvalue weighted by atomic mass is 9.68. The maximum absolute atomic E-state index is 9.32. The molecule has 115 heavy (non-hydrogen) atoms. The number of aromatic nitrogens is 2. The first-order valence-corrected chi connectivity index (χ1v) is 41.5. The molecule has 7 atom stereocenters. The summed E-state index contributed by atoms with van der Waals surface area (Å²) in [7, 11) is 0. The van der Waals surface area contributed by atoms with Gasteiger partial charge in [0.2, 0.25) is 5.71 Å². The number of nitrogens with zero attached hydrogens (tertiary/aromatic N) is 7. The van der Waals surface area contributed by atoms with E-state index in [0.717, 1.165) is 120 Å². The van der Waals surface area contributed by atoms with Gasteiger partial charge in [0.1, 0.15) is 17.0 Å². The number of fused-ring (bicyclic) bond motifs is 11. The van der Waals surface area contributed by atoms with Crippen LogP contribution in [0.15, 0.2) is 201 Å². The Hall–Kier alpha value is -9.54. The zero-order chi connectivity index (χ0) is 91.9. The maximum atomic E-state index is 9.32. The third kappa shape index (κ3) is 13.9. The van der Waals surface area contributed by atoms with Crippen LogP contribution in [-0.4, -0.2) is 56.8 Å². The maximum Gasteiger partial charge on any atom is 0.227 e. The number of rotatable bonds is 5. The van der Waals surface area contributed by atoms with Crippen molar-refractivity contribution in [2.24, 2.45) is 16.2 Å². The highest BCUT2D eigenvalue weighted by atomic mass is 16.3. The van der Waals surface area contributed by atoms with Crippen LogP contribution < -0.4 is 24.5 Å². The molecule has 3 saturated heterocycles. The Morgan fingerprint density at radius 2 is 0.774 bits per heavy atom. The van der Waals surface area contributed by atoms with E-state index in [-0.39, 0.29) is 29.7 Å². The summed E-state index contributed by atoms with van der Waals surface area (Å²) < 4.78 is 122. The van der Waals surface area contributed by atoms with Crippen molar-refractivity contribution < 1.29 is 29.7 Å². The number of anilines is 7. The zero-order valence-electron chi connectivity index (χ0n) is 83.7. The van der Waals surface area contributed by atoms with Crippen molar-refractivity contribution in [3.05, 3.63) is 233 Å². The summed E-state index contributed by atoms with van der Waals surface area (Å²) in [6.45, 7) is 41.6. The van der Waals surface area contributed by atoms with Crippen LogP contribution in [0.1, 0.15) is 251 Å². The van der Waals surface area contributed by atoms with Gasteiger partial charge in [0, 0.05) is 141 Å². The first kappa shape index (κ1) is 67.6. The van der Waals surface area contributed by atoms with E-state index in [0.29, 0.717) is 29.0 Å². The first-order chi connectivity index (χ1) is 58.7. The third-order valence-corrected chi connectivity index (χ3v) is 27.0. The van der Waals surface area contributed by atoms with Gasteiger partial charge in [-0.15, -0.1) is 0 Å². The molecule has 4 fully saturated rings. The molecule has 0 amide bonds. The normalized spacial score (nSPS) is 26.7. The summed E-state index contributed by atoms with van der Waals surface area (Å²) in [5, 5.41) is 5.98. The van der Waals surface area contributed by atoms with Gasteiger partial charge in [0.25, 0.3) is 0 Å². The predicted molar refractivity (Wildman–Crippen MR) is 492 cm³/mol. The molecule has 604 valence electrons. The van der Waals surface area contributed by atoms with E-state index in [1.54, 1.807) is 41.5 Å². The van der Waals surface area contributed by atoms with E-state index in [1.807, 2.05) is 129 Å². The second kappa shape index (κ2) is 29.9. The van der Waals surface area contributed by atoms with Crippen LogP contribution in [0.2, 0.25) is 0 Å². The predicted octanol–water partition coefficient (Wildman–Crippen LogP) is 29.2. The Morgan fingerprint density at radius 3 is 1.27 bits per heavy atom. The van der Waals surface area contributed by atoms with Crippen molar-refractivity contribution in [2.45, 2.75) is 289 Å². The molecular weight excluding hydrogens is 1410 g/mol. The number of hydrogen-bond donors (Lipinski definition) is 0. The second-order valence-corrected chi connectivity index (χ2v) is 36.7. The van der Waals surface area contributed by atoms with E-state index in [9.17, 15) is 2.74 Å². The summed E-state index contributed by atoms with van der Waals surface area (Å²) in [6.07, 6.45) is 2.07. The Morgan fingerprint density at radius 1 is 0.374 bits per heavy atom. The molecule has 19 rings (SSSR count).